The molecule has 0 spiro atoms. The lowest BCUT2D eigenvalue weighted by molar-refractivity contribution is 0.0817. The summed E-state index contributed by atoms with van der Waals surface area (Å²) in [4.78, 5) is 12.5. The molecule has 0 heterocycles. The minimum Gasteiger partial charge on any atom is -0.394 e. The second-order valence-corrected chi connectivity index (χ2v) is 7.36. The standard InChI is InChI=1S/C15H23NO4S/c1-5-15(6-2,10-17)16-14(18)13-9-12(21(4,19)20)8-7-11(13)3/h7-9,17H,5-6,10H2,1-4H3,(H,16,18). The van der Waals surface area contributed by atoms with E-state index in [9.17, 15) is 18.3 Å². The van der Waals surface area contributed by atoms with Crippen molar-refractivity contribution in [1.29, 1.82) is 0 Å². The Hall–Kier alpha value is -1.40. The number of aliphatic hydroxyl groups is 1. The van der Waals surface area contributed by atoms with E-state index in [-0.39, 0.29) is 17.4 Å². The topological polar surface area (TPSA) is 83.5 Å². The van der Waals surface area contributed by atoms with E-state index < -0.39 is 15.4 Å². The van der Waals surface area contributed by atoms with Crippen LogP contribution in [0.3, 0.4) is 0 Å². The number of carbonyl (C=O) groups is 1. The Labute approximate surface area is 126 Å². The van der Waals surface area contributed by atoms with Crippen molar-refractivity contribution in [3.05, 3.63) is 29.3 Å². The normalized spacial score (nSPS) is 12.2. The first-order valence-electron chi connectivity index (χ1n) is 6.93. The smallest absolute Gasteiger partial charge is 0.252 e. The van der Waals surface area contributed by atoms with Crippen molar-refractivity contribution in [2.45, 2.75) is 44.0 Å². The van der Waals surface area contributed by atoms with Gasteiger partial charge in [-0.25, -0.2) is 8.42 Å². The van der Waals surface area contributed by atoms with Crippen molar-refractivity contribution >= 4 is 15.7 Å². The molecule has 0 aliphatic rings. The van der Waals surface area contributed by atoms with Crippen LogP contribution in [0.1, 0.15) is 42.6 Å². The highest BCUT2D eigenvalue weighted by Crippen LogP contribution is 2.19. The third-order valence-electron chi connectivity index (χ3n) is 3.92. The van der Waals surface area contributed by atoms with Crippen LogP contribution in [0.2, 0.25) is 0 Å². The van der Waals surface area contributed by atoms with E-state index in [0.717, 1.165) is 6.26 Å². The SMILES string of the molecule is CCC(CC)(CO)NC(=O)c1cc(S(C)(=O)=O)ccc1C. The molecule has 0 unspecified atom stereocenters. The van der Waals surface area contributed by atoms with Crippen LogP contribution in [0, 0.1) is 6.92 Å². The highest BCUT2D eigenvalue weighted by atomic mass is 32.2. The molecule has 6 heteroatoms. The molecule has 1 aromatic rings. The Kier molecular flexibility index (Phi) is 5.53. The molecule has 0 aliphatic heterocycles. The van der Waals surface area contributed by atoms with Crippen molar-refractivity contribution in [2.75, 3.05) is 12.9 Å². The molecular formula is C15H23NO4S. The number of aryl methyl sites for hydroxylation is 1. The molecule has 1 amide bonds. The van der Waals surface area contributed by atoms with Crippen molar-refractivity contribution in [1.82, 2.24) is 5.32 Å². The molecule has 0 aliphatic carbocycles. The second kappa shape index (κ2) is 6.58. The maximum absolute atomic E-state index is 12.4. The molecule has 1 rings (SSSR count). The van der Waals surface area contributed by atoms with Crippen molar-refractivity contribution in [2.24, 2.45) is 0 Å². The van der Waals surface area contributed by atoms with Crippen LogP contribution in [-0.2, 0) is 9.84 Å². The molecular weight excluding hydrogens is 290 g/mol. The zero-order valence-corrected chi connectivity index (χ0v) is 13.8. The zero-order valence-electron chi connectivity index (χ0n) is 12.9. The lowest BCUT2D eigenvalue weighted by atomic mass is 9.93. The molecule has 0 radical (unpaired) electrons. The number of amides is 1. The van der Waals surface area contributed by atoms with Gasteiger partial charge in [0.2, 0.25) is 0 Å². The third-order valence-corrected chi connectivity index (χ3v) is 5.03. The summed E-state index contributed by atoms with van der Waals surface area (Å²) in [7, 11) is -3.37. The molecule has 0 atom stereocenters. The van der Waals surface area contributed by atoms with Gasteiger partial charge >= 0.3 is 0 Å². The summed E-state index contributed by atoms with van der Waals surface area (Å²) in [6.07, 6.45) is 2.29. The predicted octanol–water partition coefficient (Wildman–Crippen LogP) is 1.68. The largest absolute Gasteiger partial charge is 0.394 e. The van der Waals surface area contributed by atoms with Crippen LogP contribution in [0.25, 0.3) is 0 Å². The lowest BCUT2D eigenvalue weighted by Gasteiger charge is -2.31. The van der Waals surface area contributed by atoms with Gasteiger partial charge in [-0.1, -0.05) is 19.9 Å². The Morgan fingerprint density at radius 3 is 2.29 bits per heavy atom. The number of rotatable bonds is 6. The molecule has 21 heavy (non-hydrogen) atoms. The molecule has 0 bridgehead atoms. The number of sulfone groups is 1. The van der Waals surface area contributed by atoms with Crippen LogP contribution in [-0.4, -0.2) is 37.8 Å². The average Bonchev–Trinajstić information content (AvgIpc) is 2.44. The fourth-order valence-electron chi connectivity index (χ4n) is 2.07. The summed E-state index contributed by atoms with van der Waals surface area (Å²) in [6.45, 7) is 5.37. The summed E-state index contributed by atoms with van der Waals surface area (Å²) in [5.74, 6) is -0.365. The van der Waals surface area contributed by atoms with Gasteiger partial charge in [-0.3, -0.25) is 4.79 Å². The minimum atomic E-state index is -3.37. The highest BCUT2D eigenvalue weighted by Gasteiger charge is 2.28. The number of benzene rings is 1. The minimum absolute atomic E-state index is 0.112. The Balaban J connectivity index is 3.19. The van der Waals surface area contributed by atoms with Gasteiger partial charge in [0.15, 0.2) is 9.84 Å². The summed E-state index contributed by atoms with van der Waals surface area (Å²) in [5.41, 5.74) is 0.335. The molecule has 2 N–H and O–H groups in total. The molecule has 5 nitrogen and oxygen atoms in total. The molecule has 0 aromatic heterocycles. The molecule has 118 valence electrons. The first-order chi connectivity index (χ1) is 9.69. The van der Waals surface area contributed by atoms with E-state index in [0.29, 0.717) is 24.0 Å². The Morgan fingerprint density at radius 1 is 1.29 bits per heavy atom. The summed E-state index contributed by atoms with van der Waals surface area (Å²) < 4.78 is 23.2. The van der Waals surface area contributed by atoms with E-state index in [1.54, 1.807) is 13.0 Å². The van der Waals surface area contributed by atoms with Crippen LogP contribution in [0.15, 0.2) is 23.1 Å². The zero-order chi connectivity index (χ0) is 16.3. The summed E-state index contributed by atoms with van der Waals surface area (Å²) in [5, 5.41) is 12.3. The van der Waals surface area contributed by atoms with Crippen molar-refractivity contribution in [3.8, 4) is 0 Å². The van der Waals surface area contributed by atoms with E-state index in [1.165, 1.54) is 12.1 Å². The van der Waals surface area contributed by atoms with Gasteiger partial charge in [0, 0.05) is 11.8 Å². The molecule has 0 fully saturated rings. The molecule has 1 aromatic carbocycles. The van der Waals surface area contributed by atoms with Gasteiger partial charge in [0.25, 0.3) is 5.91 Å². The van der Waals surface area contributed by atoms with Gasteiger partial charge < -0.3 is 10.4 Å². The first-order valence-corrected chi connectivity index (χ1v) is 8.82. The number of aliphatic hydroxyl groups excluding tert-OH is 1. The van der Waals surface area contributed by atoms with Gasteiger partial charge in [0.1, 0.15) is 0 Å². The lowest BCUT2D eigenvalue weighted by Crippen LogP contribution is -2.50. The fraction of sp³-hybridized carbons (Fsp3) is 0.533. The van der Waals surface area contributed by atoms with Crippen LogP contribution < -0.4 is 5.32 Å². The maximum atomic E-state index is 12.4. The van der Waals surface area contributed by atoms with Gasteiger partial charge in [0.05, 0.1) is 17.0 Å². The quantitative estimate of drug-likeness (QED) is 0.837. The summed E-state index contributed by atoms with van der Waals surface area (Å²) in [6, 6.07) is 4.48. The number of nitrogens with one attached hydrogen (secondary N) is 1. The highest BCUT2D eigenvalue weighted by molar-refractivity contribution is 7.90. The van der Waals surface area contributed by atoms with Gasteiger partial charge in [-0.05, 0) is 37.5 Å². The van der Waals surface area contributed by atoms with Gasteiger partial charge in [-0.2, -0.15) is 0 Å². The Morgan fingerprint density at radius 2 is 1.86 bits per heavy atom. The monoisotopic (exact) mass is 313 g/mol. The van der Waals surface area contributed by atoms with Crippen LogP contribution in [0.4, 0.5) is 0 Å². The summed E-state index contributed by atoms with van der Waals surface area (Å²) >= 11 is 0. The van der Waals surface area contributed by atoms with E-state index in [2.05, 4.69) is 5.32 Å². The molecule has 0 saturated heterocycles. The Bertz CT molecular complexity index is 610. The second-order valence-electron chi connectivity index (χ2n) is 5.35. The van der Waals surface area contributed by atoms with Gasteiger partial charge in [-0.15, -0.1) is 0 Å². The predicted molar refractivity (Wildman–Crippen MR) is 82.2 cm³/mol. The van der Waals surface area contributed by atoms with E-state index in [4.69, 9.17) is 0 Å². The van der Waals surface area contributed by atoms with Crippen molar-refractivity contribution < 1.29 is 18.3 Å². The van der Waals surface area contributed by atoms with E-state index in [1.807, 2.05) is 13.8 Å². The van der Waals surface area contributed by atoms with Crippen LogP contribution in [0.5, 0.6) is 0 Å². The number of hydrogen-bond acceptors (Lipinski definition) is 4. The maximum Gasteiger partial charge on any atom is 0.252 e. The fourth-order valence-corrected chi connectivity index (χ4v) is 2.72. The van der Waals surface area contributed by atoms with Crippen molar-refractivity contribution in [3.63, 3.8) is 0 Å². The first kappa shape index (κ1) is 17.7. The number of hydrogen-bond donors (Lipinski definition) is 2. The van der Waals surface area contributed by atoms with E-state index >= 15 is 0 Å². The van der Waals surface area contributed by atoms with Crippen LogP contribution >= 0.6 is 0 Å². The molecule has 0 saturated carbocycles. The number of carbonyl (C=O) groups excluding carboxylic acids is 1. The average molecular weight is 313 g/mol. The third kappa shape index (κ3) is 4.04.